The molecule has 0 radical (unpaired) electrons. The van der Waals surface area contributed by atoms with E-state index in [4.69, 9.17) is 4.74 Å². The lowest BCUT2D eigenvalue weighted by Crippen LogP contribution is -2.24. The van der Waals surface area contributed by atoms with Crippen molar-refractivity contribution in [2.24, 2.45) is 0 Å². The molecule has 0 saturated heterocycles. The molecule has 11 nitrogen and oxygen atoms in total. The molecule has 0 bridgehead atoms. The second-order valence-electron chi connectivity index (χ2n) is 10.9. The number of aryl methyl sites for hydroxylation is 1. The van der Waals surface area contributed by atoms with Crippen molar-refractivity contribution in [2.75, 3.05) is 38.5 Å². The van der Waals surface area contributed by atoms with Gasteiger partial charge in [-0.3, -0.25) is 9.36 Å². The Kier molecular flexibility index (Phi) is 8.53. The van der Waals surface area contributed by atoms with Crippen molar-refractivity contribution in [1.82, 2.24) is 24.4 Å². The Balaban J connectivity index is 1.52. The van der Waals surface area contributed by atoms with Gasteiger partial charge < -0.3 is 25.0 Å². The largest absolute Gasteiger partial charge is 0.481 e. The van der Waals surface area contributed by atoms with Crippen molar-refractivity contribution >= 4 is 51.0 Å². The second kappa shape index (κ2) is 12.3. The van der Waals surface area contributed by atoms with Crippen LogP contribution in [-0.2, 0) is 11.2 Å². The third-order valence-corrected chi connectivity index (χ3v) is 7.67. The van der Waals surface area contributed by atoms with Crippen molar-refractivity contribution in [2.45, 2.75) is 32.7 Å². The van der Waals surface area contributed by atoms with Gasteiger partial charge in [0, 0.05) is 54.9 Å². The summed E-state index contributed by atoms with van der Waals surface area (Å²) < 4.78 is 34.4. The number of ether oxygens (including phenoxy) is 1. The number of likely N-dealkylation sites (N-methyl/N-ethyl adjacent to an activating group) is 1. The number of anilines is 3. The Bertz CT molecular complexity index is 1930. The molecule has 0 aliphatic rings. The SMILES string of the molecule is COc1ncc(N(C)c2ccc3nc(C)nc(N[C@H](C)c4cc(C(F)F)c5ccn(C(=O)O)c5c4)c3c2)cc1CC(=O)N(C)C. The van der Waals surface area contributed by atoms with E-state index in [9.17, 15) is 23.5 Å². The summed E-state index contributed by atoms with van der Waals surface area (Å²) in [6, 6.07) is 11.4. The van der Waals surface area contributed by atoms with Crippen molar-refractivity contribution in [3.63, 3.8) is 0 Å². The molecule has 3 heterocycles. The maximum Gasteiger partial charge on any atom is 0.415 e. The summed E-state index contributed by atoms with van der Waals surface area (Å²) in [6.07, 6.45) is -1.01. The summed E-state index contributed by atoms with van der Waals surface area (Å²) in [7, 11) is 6.75. The van der Waals surface area contributed by atoms with Crippen LogP contribution < -0.4 is 15.0 Å². The van der Waals surface area contributed by atoms with Crippen LogP contribution in [0.3, 0.4) is 0 Å². The molecule has 0 saturated carbocycles. The van der Waals surface area contributed by atoms with Crippen molar-refractivity contribution in [1.29, 1.82) is 0 Å². The molecule has 0 spiro atoms. The highest BCUT2D eigenvalue weighted by Crippen LogP contribution is 2.35. The fourth-order valence-corrected chi connectivity index (χ4v) is 5.18. The first-order chi connectivity index (χ1) is 21.4. The lowest BCUT2D eigenvalue weighted by atomic mass is 10.0. The molecule has 2 aromatic carbocycles. The lowest BCUT2D eigenvalue weighted by Gasteiger charge is -2.22. The highest BCUT2D eigenvalue weighted by molar-refractivity contribution is 5.94. The van der Waals surface area contributed by atoms with E-state index in [0.29, 0.717) is 39.6 Å². The molecule has 0 aliphatic carbocycles. The summed E-state index contributed by atoms with van der Waals surface area (Å²) in [5, 5.41) is 13.8. The van der Waals surface area contributed by atoms with Crippen molar-refractivity contribution in [3.05, 3.63) is 77.4 Å². The third-order valence-electron chi connectivity index (χ3n) is 7.67. The van der Waals surface area contributed by atoms with Gasteiger partial charge in [-0.1, -0.05) is 0 Å². The number of nitrogens with zero attached hydrogens (tertiary/aromatic N) is 6. The topological polar surface area (TPSA) is 126 Å². The summed E-state index contributed by atoms with van der Waals surface area (Å²) in [5.74, 6) is 1.27. The molecule has 5 rings (SSSR count). The molecule has 5 aromatic rings. The zero-order valence-electron chi connectivity index (χ0n) is 25.7. The van der Waals surface area contributed by atoms with E-state index in [1.807, 2.05) is 36.2 Å². The molecular weight excluding hydrogens is 584 g/mol. The first-order valence-electron chi connectivity index (χ1n) is 14.1. The van der Waals surface area contributed by atoms with Crippen molar-refractivity contribution < 1.29 is 28.2 Å². The zero-order valence-corrected chi connectivity index (χ0v) is 25.7. The predicted octanol–water partition coefficient (Wildman–Crippen LogP) is 6.33. The number of carbonyl (C=O) groups is 2. The Hall–Kier alpha value is -5.33. The van der Waals surface area contributed by atoms with Crippen LogP contribution in [0.25, 0.3) is 21.8 Å². The Morgan fingerprint density at radius 3 is 2.47 bits per heavy atom. The quantitative estimate of drug-likeness (QED) is 0.195. The van der Waals surface area contributed by atoms with Gasteiger partial charge in [0.05, 0.1) is 42.5 Å². The smallest absolute Gasteiger partial charge is 0.415 e. The molecule has 1 amide bonds. The number of nitrogens with one attached hydrogen (secondary N) is 1. The third kappa shape index (κ3) is 6.19. The molecule has 1 atom stereocenters. The minimum absolute atomic E-state index is 0.0889. The Morgan fingerprint density at radius 2 is 1.80 bits per heavy atom. The number of halogens is 2. The number of methoxy groups -OCH3 is 1. The highest BCUT2D eigenvalue weighted by Gasteiger charge is 2.21. The number of carboxylic acid groups (broad SMARTS) is 1. The van der Waals surface area contributed by atoms with Crippen LogP contribution in [0.5, 0.6) is 5.88 Å². The lowest BCUT2D eigenvalue weighted by molar-refractivity contribution is -0.128. The molecule has 2 N–H and O–H groups in total. The summed E-state index contributed by atoms with van der Waals surface area (Å²) in [6.45, 7) is 3.55. The monoisotopic (exact) mass is 617 g/mol. The number of fused-ring (bicyclic) bond motifs is 2. The summed E-state index contributed by atoms with van der Waals surface area (Å²) >= 11 is 0. The number of hydrogen-bond donors (Lipinski definition) is 2. The van der Waals surface area contributed by atoms with Gasteiger partial charge in [0.15, 0.2) is 0 Å². The molecule has 234 valence electrons. The number of carbonyl (C=O) groups excluding carboxylic acids is 1. The van der Waals surface area contributed by atoms with Crippen LogP contribution in [0.2, 0.25) is 0 Å². The van der Waals surface area contributed by atoms with Gasteiger partial charge in [-0.05, 0) is 61.9 Å². The number of alkyl halides is 2. The maximum absolute atomic E-state index is 14.0. The van der Waals surface area contributed by atoms with Crippen LogP contribution in [0, 0.1) is 6.92 Å². The van der Waals surface area contributed by atoms with Crippen LogP contribution in [0.15, 0.2) is 54.9 Å². The average Bonchev–Trinajstić information content (AvgIpc) is 3.44. The predicted molar refractivity (Wildman–Crippen MR) is 168 cm³/mol. The molecule has 3 aromatic heterocycles. The number of rotatable bonds is 9. The maximum atomic E-state index is 14.0. The van der Waals surface area contributed by atoms with E-state index in [1.165, 1.54) is 30.3 Å². The van der Waals surface area contributed by atoms with Gasteiger partial charge in [0.1, 0.15) is 11.6 Å². The van der Waals surface area contributed by atoms with E-state index >= 15 is 0 Å². The van der Waals surface area contributed by atoms with Gasteiger partial charge in [0.25, 0.3) is 6.43 Å². The van der Waals surface area contributed by atoms with E-state index in [0.717, 1.165) is 15.9 Å². The summed E-state index contributed by atoms with van der Waals surface area (Å²) in [5.41, 5.74) is 3.22. The van der Waals surface area contributed by atoms with Crippen LogP contribution >= 0.6 is 0 Å². The van der Waals surface area contributed by atoms with E-state index in [2.05, 4.69) is 20.3 Å². The Labute approximate surface area is 258 Å². The zero-order chi connectivity index (χ0) is 32.6. The number of benzene rings is 2. The minimum atomic E-state index is -2.79. The van der Waals surface area contributed by atoms with E-state index in [1.54, 1.807) is 40.2 Å². The van der Waals surface area contributed by atoms with Crippen LogP contribution in [0.4, 0.5) is 30.8 Å². The fourth-order valence-electron chi connectivity index (χ4n) is 5.18. The molecule has 0 aliphatic heterocycles. The van der Waals surface area contributed by atoms with Gasteiger partial charge in [0.2, 0.25) is 11.8 Å². The molecule has 13 heteroatoms. The van der Waals surface area contributed by atoms with Crippen molar-refractivity contribution in [3.8, 4) is 5.88 Å². The average molecular weight is 618 g/mol. The summed E-state index contributed by atoms with van der Waals surface area (Å²) in [4.78, 5) is 41.2. The highest BCUT2D eigenvalue weighted by atomic mass is 19.3. The number of pyridine rings is 1. The van der Waals surface area contributed by atoms with Crippen LogP contribution in [0.1, 0.15) is 41.9 Å². The fraction of sp³-hybridized carbons (Fsp3) is 0.281. The minimum Gasteiger partial charge on any atom is -0.481 e. The normalized spacial score (nSPS) is 12.0. The van der Waals surface area contributed by atoms with Crippen LogP contribution in [-0.4, -0.2) is 69.8 Å². The second-order valence-corrected chi connectivity index (χ2v) is 10.9. The molecule has 0 fully saturated rings. The first kappa shape index (κ1) is 31.1. The molecule has 0 unspecified atom stereocenters. The van der Waals surface area contributed by atoms with Gasteiger partial charge in [-0.25, -0.2) is 28.5 Å². The van der Waals surface area contributed by atoms with E-state index in [-0.39, 0.29) is 28.8 Å². The molecular formula is C32H33F2N7O4. The van der Waals surface area contributed by atoms with Gasteiger partial charge >= 0.3 is 6.09 Å². The molecule has 45 heavy (non-hydrogen) atoms. The standard InChI is InChI=1S/C32H33F2N7O4/c1-17(19-12-24(29(33)34)23-9-10-41(32(43)44)27(23)13-19)36-30-25-15-21(7-8-26(25)37-18(2)38-30)40(5)22-11-20(14-28(42)39(3)4)31(45-6)35-16-22/h7-13,15-17,29H,14H2,1-6H3,(H,43,44)(H,36,37,38)/t17-/m1/s1. The van der Waals surface area contributed by atoms with Gasteiger partial charge in [-0.15, -0.1) is 0 Å². The Morgan fingerprint density at radius 1 is 1.04 bits per heavy atom. The number of amides is 1. The first-order valence-corrected chi connectivity index (χ1v) is 14.1. The number of hydrogen-bond acceptors (Lipinski definition) is 8. The number of aromatic nitrogens is 4. The van der Waals surface area contributed by atoms with E-state index < -0.39 is 18.6 Å². The van der Waals surface area contributed by atoms with Gasteiger partial charge in [-0.2, -0.15) is 0 Å².